The first-order chi connectivity index (χ1) is 7.57. The van der Waals surface area contributed by atoms with Crippen LogP contribution in [0.5, 0.6) is 0 Å². The maximum absolute atomic E-state index is 6.62. The molecule has 16 heavy (non-hydrogen) atoms. The van der Waals surface area contributed by atoms with Crippen molar-refractivity contribution in [2.45, 2.75) is 52.0 Å². The maximum Gasteiger partial charge on any atom is 0.0415 e. The molecular formula is C15H23N. The molecule has 88 valence electrons. The predicted octanol–water partition coefficient (Wildman–Crippen LogP) is 3.67. The van der Waals surface area contributed by atoms with E-state index in [-0.39, 0.29) is 5.54 Å². The third-order valence-corrected chi connectivity index (χ3v) is 4.37. The summed E-state index contributed by atoms with van der Waals surface area (Å²) in [5.74, 6) is 0.824. The minimum absolute atomic E-state index is 0.0588. The Balaban J connectivity index is 2.34. The number of rotatable bonds is 2. The molecule has 1 aliphatic carbocycles. The van der Waals surface area contributed by atoms with Crippen molar-refractivity contribution >= 4 is 0 Å². The van der Waals surface area contributed by atoms with Crippen LogP contribution < -0.4 is 5.73 Å². The van der Waals surface area contributed by atoms with Gasteiger partial charge in [0, 0.05) is 5.54 Å². The first-order valence-corrected chi connectivity index (χ1v) is 6.42. The zero-order chi connectivity index (χ0) is 11.8. The highest BCUT2D eigenvalue weighted by atomic mass is 14.8. The van der Waals surface area contributed by atoms with E-state index < -0.39 is 0 Å². The minimum atomic E-state index is -0.0588. The van der Waals surface area contributed by atoms with Crippen LogP contribution in [0.15, 0.2) is 18.2 Å². The van der Waals surface area contributed by atoms with Gasteiger partial charge in [-0.1, -0.05) is 31.5 Å². The van der Waals surface area contributed by atoms with Gasteiger partial charge in [-0.25, -0.2) is 0 Å². The number of hydrogen-bond acceptors (Lipinski definition) is 1. The van der Waals surface area contributed by atoms with Gasteiger partial charge in [0.15, 0.2) is 0 Å². The van der Waals surface area contributed by atoms with Crippen molar-refractivity contribution in [2.24, 2.45) is 11.7 Å². The molecule has 1 aromatic carbocycles. The molecular weight excluding hydrogens is 194 g/mol. The van der Waals surface area contributed by atoms with Crippen molar-refractivity contribution in [1.82, 2.24) is 0 Å². The van der Waals surface area contributed by atoms with Crippen LogP contribution in [0.1, 0.15) is 49.3 Å². The molecule has 0 spiro atoms. The Morgan fingerprint density at radius 3 is 2.75 bits per heavy atom. The molecule has 2 rings (SSSR count). The molecule has 0 aromatic heterocycles. The molecule has 0 aliphatic heterocycles. The summed E-state index contributed by atoms with van der Waals surface area (Å²) in [5.41, 5.74) is 10.7. The second kappa shape index (κ2) is 4.21. The number of nitrogens with two attached hydrogens (primary N) is 1. The van der Waals surface area contributed by atoms with Gasteiger partial charge in [-0.2, -0.15) is 0 Å². The average molecular weight is 217 g/mol. The lowest BCUT2D eigenvalue weighted by Gasteiger charge is -2.27. The van der Waals surface area contributed by atoms with Gasteiger partial charge in [-0.15, -0.1) is 0 Å². The summed E-state index contributed by atoms with van der Waals surface area (Å²) >= 11 is 0. The van der Waals surface area contributed by atoms with Gasteiger partial charge >= 0.3 is 0 Å². The Kier molecular flexibility index (Phi) is 3.07. The van der Waals surface area contributed by atoms with E-state index in [4.69, 9.17) is 5.73 Å². The van der Waals surface area contributed by atoms with Crippen LogP contribution >= 0.6 is 0 Å². The van der Waals surface area contributed by atoms with E-state index in [1.54, 1.807) is 0 Å². The summed E-state index contributed by atoms with van der Waals surface area (Å²) in [5, 5.41) is 0. The quantitative estimate of drug-likeness (QED) is 0.803. The SMILES string of the molecule is CCC1CCC(N)(c2cccc(C)c2C)C1. The lowest BCUT2D eigenvalue weighted by atomic mass is 9.84. The van der Waals surface area contributed by atoms with E-state index in [1.807, 2.05) is 0 Å². The standard InChI is InChI=1S/C15H23N/c1-4-13-8-9-15(16,10-13)14-7-5-6-11(2)12(14)3/h5-7,13H,4,8-10,16H2,1-3H3. The zero-order valence-corrected chi connectivity index (χ0v) is 10.7. The van der Waals surface area contributed by atoms with E-state index in [2.05, 4.69) is 39.0 Å². The summed E-state index contributed by atoms with van der Waals surface area (Å²) in [4.78, 5) is 0. The topological polar surface area (TPSA) is 26.0 Å². The lowest BCUT2D eigenvalue weighted by molar-refractivity contribution is 0.422. The Labute approximate surface area is 99.0 Å². The van der Waals surface area contributed by atoms with Crippen LogP contribution in [0.3, 0.4) is 0 Å². The normalized spacial score (nSPS) is 29.6. The molecule has 0 saturated heterocycles. The van der Waals surface area contributed by atoms with Crippen LogP contribution in [0.4, 0.5) is 0 Å². The van der Waals surface area contributed by atoms with Crippen molar-refractivity contribution < 1.29 is 0 Å². The summed E-state index contributed by atoms with van der Waals surface area (Å²) in [6.07, 6.45) is 4.87. The molecule has 2 unspecified atom stereocenters. The van der Waals surface area contributed by atoms with Crippen molar-refractivity contribution in [3.8, 4) is 0 Å². The van der Waals surface area contributed by atoms with Crippen molar-refractivity contribution in [2.75, 3.05) is 0 Å². The summed E-state index contributed by atoms with van der Waals surface area (Å²) in [7, 11) is 0. The first kappa shape index (κ1) is 11.7. The smallest absolute Gasteiger partial charge is 0.0415 e. The molecule has 2 atom stereocenters. The van der Waals surface area contributed by atoms with Gasteiger partial charge in [0.25, 0.3) is 0 Å². The Hall–Kier alpha value is -0.820. The second-order valence-corrected chi connectivity index (χ2v) is 5.42. The molecule has 0 radical (unpaired) electrons. The summed E-state index contributed by atoms with van der Waals surface area (Å²) in [6, 6.07) is 6.54. The molecule has 1 saturated carbocycles. The molecule has 0 heterocycles. The van der Waals surface area contributed by atoms with E-state index in [0.29, 0.717) is 0 Å². The molecule has 1 heteroatoms. The highest BCUT2D eigenvalue weighted by Gasteiger charge is 2.37. The second-order valence-electron chi connectivity index (χ2n) is 5.42. The molecule has 1 aromatic rings. The number of aryl methyl sites for hydroxylation is 1. The lowest BCUT2D eigenvalue weighted by Crippen LogP contribution is -2.34. The highest BCUT2D eigenvalue weighted by molar-refractivity contribution is 5.38. The fourth-order valence-corrected chi connectivity index (χ4v) is 3.06. The van der Waals surface area contributed by atoms with Crippen molar-refractivity contribution in [3.05, 3.63) is 34.9 Å². The van der Waals surface area contributed by atoms with Gasteiger partial charge in [-0.3, -0.25) is 0 Å². The Morgan fingerprint density at radius 2 is 2.12 bits per heavy atom. The van der Waals surface area contributed by atoms with Crippen molar-refractivity contribution in [1.29, 1.82) is 0 Å². The average Bonchev–Trinajstić information content (AvgIpc) is 2.65. The van der Waals surface area contributed by atoms with E-state index >= 15 is 0 Å². The van der Waals surface area contributed by atoms with E-state index in [9.17, 15) is 0 Å². The van der Waals surface area contributed by atoms with Gasteiger partial charge in [-0.05, 0) is 55.7 Å². The molecule has 2 N–H and O–H groups in total. The first-order valence-electron chi connectivity index (χ1n) is 6.42. The Morgan fingerprint density at radius 1 is 1.38 bits per heavy atom. The third-order valence-electron chi connectivity index (χ3n) is 4.37. The minimum Gasteiger partial charge on any atom is -0.321 e. The molecule has 1 aliphatic rings. The predicted molar refractivity (Wildman–Crippen MR) is 69.4 cm³/mol. The molecule has 0 bridgehead atoms. The van der Waals surface area contributed by atoms with Crippen LogP contribution in [-0.2, 0) is 5.54 Å². The van der Waals surface area contributed by atoms with Gasteiger partial charge in [0.1, 0.15) is 0 Å². The molecule has 0 amide bonds. The van der Waals surface area contributed by atoms with Gasteiger partial charge < -0.3 is 5.73 Å². The number of hydrogen-bond donors (Lipinski definition) is 1. The monoisotopic (exact) mass is 217 g/mol. The van der Waals surface area contributed by atoms with Crippen molar-refractivity contribution in [3.63, 3.8) is 0 Å². The third kappa shape index (κ3) is 1.89. The molecule has 1 nitrogen and oxygen atoms in total. The summed E-state index contributed by atoms with van der Waals surface area (Å²) < 4.78 is 0. The van der Waals surface area contributed by atoms with Gasteiger partial charge in [0.2, 0.25) is 0 Å². The van der Waals surface area contributed by atoms with Crippen LogP contribution in [0, 0.1) is 19.8 Å². The highest BCUT2D eigenvalue weighted by Crippen LogP contribution is 2.42. The van der Waals surface area contributed by atoms with E-state index in [0.717, 1.165) is 18.8 Å². The number of benzene rings is 1. The van der Waals surface area contributed by atoms with Crippen LogP contribution in [-0.4, -0.2) is 0 Å². The maximum atomic E-state index is 6.62. The fourth-order valence-electron chi connectivity index (χ4n) is 3.06. The van der Waals surface area contributed by atoms with Crippen LogP contribution in [0.25, 0.3) is 0 Å². The fraction of sp³-hybridized carbons (Fsp3) is 0.600. The largest absolute Gasteiger partial charge is 0.321 e. The van der Waals surface area contributed by atoms with Crippen LogP contribution in [0.2, 0.25) is 0 Å². The summed E-state index contributed by atoms with van der Waals surface area (Å²) in [6.45, 7) is 6.66. The van der Waals surface area contributed by atoms with Gasteiger partial charge in [0.05, 0.1) is 0 Å². The zero-order valence-electron chi connectivity index (χ0n) is 10.7. The molecule has 1 fully saturated rings. The Bertz CT molecular complexity index is 383. The van der Waals surface area contributed by atoms with E-state index in [1.165, 1.54) is 29.5 Å².